The molecule has 2 aromatic heterocycles. The van der Waals surface area contributed by atoms with Crippen molar-refractivity contribution in [1.29, 1.82) is 0 Å². The van der Waals surface area contributed by atoms with E-state index in [0.29, 0.717) is 12.5 Å². The van der Waals surface area contributed by atoms with Gasteiger partial charge in [0, 0.05) is 17.2 Å². The molecule has 0 fully saturated rings. The van der Waals surface area contributed by atoms with Gasteiger partial charge in [-0.05, 0) is 55.4 Å². The largest absolute Gasteiger partial charge is 0.497 e. The Hall–Kier alpha value is -2.05. The highest BCUT2D eigenvalue weighted by atomic mass is 32.2. The molecule has 1 aliphatic carbocycles. The first kappa shape index (κ1) is 20.2. The van der Waals surface area contributed by atoms with Crippen molar-refractivity contribution < 1.29 is 4.74 Å². The summed E-state index contributed by atoms with van der Waals surface area (Å²) in [5.74, 6) is 2.27. The molecule has 0 unspecified atom stereocenters. The van der Waals surface area contributed by atoms with E-state index in [-0.39, 0.29) is 5.56 Å². The fourth-order valence-electron chi connectivity index (χ4n) is 3.79. The molecular weight excluding hydrogens is 400 g/mol. The first-order valence-corrected chi connectivity index (χ1v) is 11.7. The van der Waals surface area contributed by atoms with E-state index in [9.17, 15) is 4.79 Å². The maximum Gasteiger partial charge on any atom is 0.263 e. The van der Waals surface area contributed by atoms with Gasteiger partial charge in [-0.2, -0.15) is 0 Å². The zero-order valence-electron chi connectivity index (χ0n) is 17.2. The number of hydrogen-bond donors (Lipinski definition) is 0. The average molecular weight is 427 g/mol. The van der Waals surface area contributed by atoms with Gasteiger partial charge in [-0.3, -0.25) is 9.36 Å². The number of ether oxygens (including phenoxy) is 1. The number of thioether (sulfide) groups is 1. The average Bonchev–Trinajstić information content (AvgIpc) is 3.06. The highest BCUT2D eigenvalue weighted by Gasteiger charge is 2.24. The Labute approximate surface area is 179 Å². The van der Waals surface area contributed by atoms with E-state index < -0.39 is 0 Å². The molecule has 6 heteroatoms. The van der Waals surface area contributed by atoms with Crippen LogP contribution in [0, 0.1) is 5.92 Å². The van der Waals surface area contributed by atoms with Crippen molar-refractivity contribution in [2.24, 2.45) is 5.92 Å². The molecule has 29 heavy (non-hydrogen) atoms. The Morgan fingerprint density at radius 3 is 2.83 bits per heavy atom. The fourth-order valence-corrected chi connectivity index (χ4v) is 6.17. The second-order valence-electron chi connectivity index (χ2n) is 7.91. The summed E-state index contributed by atoms with van der Waals surface area (Å²) >= 11 is 3.32. The molecule has 0 saturated heterocycles. The van der Waals surface area contributed by atoms with Crippen molar-refractivity contribution in [2.75, 3.05) is 7.11 Å². The minimum atomic E-state index is 0.0854. The number of thiophene rings is 1. The van der Waals surface area contributed by atoms with E-state index in [2.05, 4.69) is 25.6 Å². The van der Waals surface area contributed by atoms with Crippen LogP contribution in [0.1, 0.15) is 36.3 Å². The van der Waals surface area contributed by atoms with Crippen LogP contribution < -0.4 is 10.3 Å². The predicted octanol–water partition coefficient (Wildman–Crippen LogP) is 5.46. The van der Waals surface area contributed by atoms with Gasteiger partial charge in [-0.15, -0.1) is 11.3 Å². The minimum absolute atomic E-state index is 0.0854. The summed E-state index contributed by atoms with van der Waals surface area (Å²) in [5.41, 5.74) is 3.45. The van der Waals surface area contributed by atoms with Gasteiger partial charge in [0.1, 0.15) is 10.6 Å². The number of fused-ring (bicyclic) bond motifs is 3. The Balaban J connectivity index is 1.73. The minimum Gasteiger partial charge on any atom is -0.497 e. The maximum absolute atomic E-state index is 13.5. The number of hydrogen-bond acceptors (Lipinski definition) is 5. The van der Waals surface area contributed by atoms with Crippen LogP contribution in [-0.2, 0) is 25.1 Å². The molecule has 3 aromatic rings. The molecule has 4 nitrogen and oxygen atoms in total. The van der Waals surface area contributed by atoms with E-state index in [0.717, 1.165) is 51.7 Å². The molecule has 2 heterocycles. The SMILES string of the molecule is C=C(C)Cn1c(SCc2ccc(OC)cc2)nc2sc3c(c2c1=O)CC[C@@H](C)C3. The highest BCUT2D eigenvalue weighted by molar-refractivity contribution is 7.98. The Morgan fingerprint density at radius 2 is 2.14 bits per heavy atom. The van der Waals surface area contributed by atoms with Crippen LogP contribution in [0.25, 0.3) is 10.2 Å². The third-order valence-electron chi connectivity index (χ3n) is 5.34. The molecule has 1 aromatic carbocycles. The van der Waals surface area contributed by atoms with Crippen molar-refractivity contribution in [3.8, 4) is 5.75 Å². The van der Waals surface area contributed by atoms with Gasteiger partial charge in [0.2, 0.25) is 0 Å². The third-order valence-corrected chi connectivity index (χ3v) is 7.53. The number of aryl methyl sites for hydroxylation is 1. The fraction of sp³-hybridized carbons (Fsp3) is 0.391. The molecule has 0 aliphatic heterocycles. The monoisotopic (exact) mass is 426 g/mol. The Morgan fingerprint density at radius 1 is 1.38 bits per heavy atom. The number of benzene rings is 1. The van der Waals surface area contributed by atoms with E-state index in [4.69, 9.17) is 9.72 Å². The summed E-state index contributed by atoms with van der Waals surface area (Å²) < 4.78 is 7.04. The van der Waals surface area contributed by atoms with Crippen LogP contribution >= 0.6 is 23.1 Å². The van der Waals surface area contributed by atoms with Gasteiger partial charge >= 0.3 is 0 Å². The summed E-state index contributed by atoms with van der Waals surface area (Å²) in [6.07, 6.45) is 3.19. The predicted molar refractivity (Wildman–Crippen MR) is 122 cm³/mol. The number of allylic oxidation sites excluding steroid dienone is 1. The first-order chi connectivity index (χ1) is 14.0. The molecule has 4 rings (SSSR count). The lowest BCUT2D eigenvalue weighted by atomic mass is 9.89. The topological polar surface area (TPSA) is 44.1 Å². The van der Waals surface area contributed by atoms with Crippen LogP contribution in [0.3, 0.4) is 0 Å². The summed E-state index contributed by atoms with van der Waals surface area (Å²) in [6.45, 7) is 8.78. The molecule has 0 N–H and O–H groups in total. The molecule has 1 aliphatic rings. The van der Waals surface area contributed by atoms with Crippen LogP contribution in [-0.4, -0.2) is 16.7 Å². The van der Waals surface area contributed by atoms with Crippen molar-refractivity contribution >= 4 is 33.3 Å². The molecule has 0 spiro atoms. The van der Waals surface area contributed by atoms with Gasteiger partial charge in [0.25, 0.3) is 5.56 Å². The van der Waals surface area contributed by atoms with Gasteiger partial charge in [-0.25, -0.2) is 4.98 Å². The molecule has 0 amide bonds. The molecule has 0 radical (unpaired) electrons. The summed E-state index contributed by atoms with van der Waals surface area (Å²) in [6, 6.07) is 8.03. The molecular formula is C23H26N2O2S2. The van der Waals surface area contributed by atoms with Crippen molar-refractivity contribution in [3.05, 3.63) is 62.8 Å². The smallest absolute Gasteiger partial charge is 0.263 e. The lowest BCUT2D eigenvalue weighted by Gasteiger charge is -2.17. The molecule has 152 valence electrons. The molecule has 0 bridgehead atoms. The summed E-state index contributed by atoms with van der Waals surface area (Å²) in [4.78, 5) is 20.6. The zero-order valence-corrected chi connectivity index (χ0v) is 18.8. The number of rotatable bonds is 6. The van der Waals surface area contributed by atoms with Gasteiger partial charge in [0.15, 0.2) is 5.16 Å². The number of nitrogens with zero attached hydrogens (tertiary/aromatic N) is 2. The van der Waals surface area contributed by atoms with Gasteiger partial charge < -0.3 is 4.74 Å². The first-order valence-electron chi connectivity index (χ1n) is 9.91. The maximum atomic E-state index is 13.5. The second-order valence-corrected chi connectivity index (χ2v) is 9.94. The van der Waals surface area contributed by atoms with Crippen LogP contribution in [0.15, 0.2) is 46.4 Å². The van der Waals surface area contributed by atoms with Crippen LogP contribution in [0.4, 0.5) is 0 Å². The summed E-state index contributed by atoms with van der Waals surface area (Å²) in [7, 11) is 1.67. The number of methoxy groups -OCH3 is 1. The summed E-state index contributed by atoms with van der Waals surface area (Å²) in [5, 5.41) is 1.61. The second kappa shape index (κ2) is 8.36. The van der Waals surface area contributed by atoms with Gasteiger partial charge in [-0.1, -0.05) is 43.0 Å². The van der Waals surface area contributed by atoms with Crippen molar-refractivity contribution in [1.82, 2.24) is 9.55 Å². The normalized spacial score (nSPS) is 16.0. The van der Waals surface area contributed by atoms with E-state index in [1.807, 2.05) is 23.6 Å². The van der Waals surface area contributed by atoms with Crippen LogP contribution in [0.2, 0.25) is 0 Å². The van der Waals surface area contributed by atoms with Gasteiger partial charge in [0.05, 0.1) is 12.5 Å². The van der Waals surface area contributed by atoms with Crippen molar-refractivity contribution in [2.45, 2.75) is 50.6 Å². The number of aromatic nitrogens is 2. The standard InChI is InChI=1S/C23H26N2O2S2/c1-14(2)12-25-22(26)20-18-10-5-15(3)11-19(18)29-21(20)24-23(25)28-13-16-6-8-17(27-4)9-7-16/h6-9,15H,1,5,10-13H2,2-4H3/t15-/m1/s1. The Bertz CT molecular complexity index is 1110. The van der Waals surface area contributed by atoms with E-state index in [1.54, 1.807) is 30.2 Å². The molecule has 0 saturated carbocycles. The van der Waals surface area contributed by atoms with E-state index in [1.165, 1.54) is 16.0 Å². The zero-order chi connectivity index (χ0) is 20.5. The highest BCUT2D eigenvalue weighted by Crippen LogP contribution is 2.37. The van der Waals surface area contributed by atoms with Crippen LogP contribution in [0.5, 0.6) is 5.75 Å². The van der Waals surface area contributed by atoms with Crippen molar-refractivity contribution in [3.63, 3.8) is 0 Å². The lowest BCUT2D eigenvalue weighted by Crippen LogP contribution is -2.24. The Kier molecular flexibility index (Phi) is 5.83. The lowest BCUT2D eigenvalue weighted by molar-refractivity contribution is 0.414. The van der Waals surface area contributed by atoms with E-state index >= 15 is 0 Å². The quantitative estimate of drug-likeness (QED) is 0.298. The molecule has 1 atom stereocenters. The third kappa shape index (κ3) is 4.14.